The van der Waals surface area contributed by atoms with Crippen LogP contribution in [0, 0.1) is 5.92 Å². The fraction of sp³-hybridized carbons (Fsp3) is 0.684. The molecule has 1 fully saturated rings. The first-order valence-corrected chi connectivity index (χ1v) is 8.87. The minimum Gasteiger partial charge on any atom is -0.371 e. The lowest BCUT2D eigenvalue weighted by Gasteiger charge is -2.30. The normalized spacial score (nSPS) is 16.0. The lowest BCUT2D eigenvalue weighted by atomic mass is 10.0. The average molecular weight is 288 g/mol. The lowest BCUT2D eigenvalue weighted by Crippen LogP contribution is -2.30. The maximum Gasteiger partial charge on any atom is 0.0414 e. The number of nitrogens with zero attached hydrogens (tertiary/aromatic N) is 1. The van der Waals surface area contributed by atoms with Crippen molar-refractivity contribution in [1.29, 1.82) is 0 Å². The number of para-hydroxylation sites is 1. The molecule has 2 heteroatoms. The molecule has 0 aromatic heterocycles. The molecule has 0 amide bonds. The van der Waals surface area contributed by atoms with E-state index in [2.05, 4.69) is 55.3 Å². The van der Waals surface area contributed by atoms with Gasteiger partial charge in [-0.05, 0) is 56.2 Å². The van der Waals surface area contributed by atoms with Crippen LogP contribution in [0.25, 0.3) is 0 Å². The zero-order chi connectivity index (χ0) is 15.1. The Kier molecular flexibility index (Phi) is 6.56. The van der Waals surface area contributed by atoms with Crippen LogP contribution in [0.15, 0.2) is 24.3 Å². The molecule has 1 unspecified atom stereocenters. The highest BCUT2D eigenvalue weighted by Gasteiger charge is 2.25. The Morgan fingerprint density at radius 1 is 1.14 bits per heavy atom. The highest BCUT2D eigenvalue weighted by atomic mass is 15.1. The van der Waals surface area contributed by atoms with Crippen LogP contribution in [0.4, 0.5) is 5.69 Å². The molecule has 0 spiro atoms. The SMILES string of the molecule is CCCNC(CC)c1ccccc1N(CCC)CC1CC1. The third kappa shape index (κ3) is 4.74. The highest BCUT2D eigenvalue weighted by Crippen LogP contribution is 2.34. The monoisotopic (exact) mass is 288 g/mol. The van der Waals surface area contributed by atoms with E-state index in [0.717, 1.165) is 18.9 Å². The molecular formula is C19H32N2. The van der Waals surface area contributed by atoms with Crippen molar-refractivity contribution < 1.29 is 0 Å². The van der Waals surface area contributed by atoms with Crippen molar-refractivity contribution in [2.45, 2.75) is 58.9 Å². The summed E-state index contributed by atoms with van der Waals surface area (Å²) in [4.78, 5) is 2.63. The largest absolute Gasteiger partial charge is 0.371 e. The Morgan fingerprint density at radius 2 is 1.90 bits per heavy atom. The van der Waals surface area contributed by atoms with Crippen molar-refractivity contribution in [3.05, 3.63) is 29.8 Å². The predicted octanol–water partition coefficient (Wildman–Crippen LogP) is 4.76. The average Bonchev–Trinajstić information content (AvgIpc) is 3.32. The maximum absolute atomic E-state index is 3.72. The van der Waals surface area contributed by atoms with E-state index in [1.807, 2.05) is 0 Å². The van der Waals surface area contributed by atoms with E-state index in [9.17, 15) is 0 Å². The van der Waals surface area contributed by atoms with Gasteiger partial charge >= 0.3 is 0 Å². The van der Waals surface area contributed by atoms with Crippen molar-refractivity contribution in [2.24, 2.45) is 5.92 Å². The molecule has 0 radical (unpaired) electrons. The molecule has 0 saturated heterocycles. The van der Waals surface area contributed by atoms with Crippen molar-refractivity contribution in [3.8, 4) is 0 Å². The topological polar surface area (TPSA) is 15.3 Å². The molecule has 118 valence electrons. The van der Waals surface area contributed by atoms with Gasteiger partial charge in [0.25, 0.3) is 0 Å². The number of anilines is 1. The molecule has 1 aromatic rings. The van der Waals surface area contributed by atoms with Gasteiger partial charge in [-0.1, -0.05) is 39.0 Å². The third-order valence-electron chi connectivity index (χ3n) is 4.37. The smallest absolute Gasteiger partial charge is 0.0414 e. The second-order valence-electron chi connectivity index (χ2n) is 6.36. The summed E-state index contributed by atoms with van der Waals surface area (Å²) in [6, 6.07) is 9.52. The van der Waals surface area contributed by atoms with Crippen molar-refractivity contribution in [1.82, 2.24) is 5.32 Å². The van der Waals surface area contributed by atoms with Crippen LogP contribution in [0.5, 0.6) is 0 Å². The zero-order valence-corrected chi connectivity index (χ0v) is 14.1. The van der Waals surface area contributed by atoms with Crippen LogP contribution in [0.3, 0.4) is 0 Å². The lowest BCUT2D eigenvalue weighted by molar-refractivity contribution is 0.516. The summed E-state index contributed by atoms with van der Waals surface area (Å²) in [5.74, 6) is 0.938. The molecule has 1 saturated carbocycles. The van der Waals surface area contributed by atoms with Crippen LogP contribution >= 0.6 is 0 Å². The summed E-state index contributed by atoms with van der Waals surface area (Å²) >= 11 is 0. The molecular weight excluding hydrogens is 256 g/mol. The van der Waals surface area contributed by atoms with Gasteiger partial charge in [-0.2, -0.15) is 0 Å². The molecule has 0 aliphatic heterocycles. The Bertz CT molecular complexity index is 412. The Morgan fingerprint density at radius 3 is 2.52 bits per heavy atom. The predicted molar refractivity (Wildman–Crippen MR) is 93.0 cm³/mol. The summed E-state index contributed by atoms with van der Waals surface area (Å²) in [5.41, 5.74) is 2.95. The van der Waals surface area contributed by atoms with E-state index in [4.69, 9.17) is 0 Å². The van der Waals surface area contributed by atoms with Crippen molar-refractivity contribution in [2.75, 3.05) is 24.5 Å². The summed E-state index contributed by atoms with van der Waals surface area (Å²) in [6.07, 6.45) is 6.42. The summed E-state index contributed by atoms with van der Waals surface area (Å²) in [6.45, 7) is 10.3. The molecule has 0 heterocycles. The van der Waals surface area contributed by atoms with E-state index in [0.29, 0.717) is 6.04 Å². The minimum absolute atomic E-state index is 0.486. The molecule has 1 N–H and O–H groups in total. The summed E-state index contributed by atoms with van der Waals surface area (Å²) in [5, 5.41) is 3.72. The van der Waals surface area contributed by atoms with Crippen LogP contribution in [0.2, 0.25) is 0 Å². The fourth-order valence-corrected chi connectivity index (χ4v) is 3.06. The van der Waals surface area contributed by atoms with Gasteiger partial charge in [-0.3, -0.25) is 0 Å². The Hall–Kier alpha value is -1.02. The van der Waals surface area contributed by atoms with E-state index in [1.165, 1.54) is 50.0 Å². The first-order valence-electron chi connectivity index (χ1n) is 8.87. The summed E-state index contributed by atoms with van der Waals surface area (Å²) < 4.78 is 0. The molecule has 21 heavy (non-hydrogen) atoms. The second kappa shape index (κ2) is 8.43. The van der Waals surface area contributed by atoms with Gasteiger partial charge in [-0.15, -0.1) is 0 Å². The van der Waals surface area contributed by atoms with Gasteiger partial charge in [0.2, 0.25) is 0 Å². The van der Waals surface area contributed by atoms with Gasteiger partial charge in [0.15, 0.2) is 0 Å². The van der Waals surface area contributed by atoms with E-state index in [1.54, 1.807) is 0 Å². The number of hydrogen-bond donors (Lipinski definition) is 1. The molecule has 1 atom stereocenters. The van der Waals surface area contributed by atoms with Gasteiger partial charge in [0.1, 0.15) is 0 Å². The number of rotatable bonds is 10. The molecule has 0 bridgehead atoms. The first kappa shape index (κ1) is 16.4. The van der Waals surface area contributed by atoms with Crippen molar-refractivity contribution in [3.63, 3.8) is 0 Å². The maximum atomic E-state index is 3.72. The number of hydrogen-bond acceptors (Lipinski definition) is 2. The standard InChI is InChI=1S/C19H32N2/c1-4-13-20-18(6-3)17-9-7-8-10-19(17)21(14-5-2)15-16-11-12-16/h7-10,16,18,20H,4-6,11-15H2,1-3H3. The van der Waals surface area contributed by atoms with E-state index >= 15 is 0 Å². The molecule has 1 aliphatic carbocycles. The van der Waals surface area contributed by atoms with Crippen LogP contribution in [-0.2, 0) is 0 Å². The van der Waals surface area contributed by atoms with Crippen LogP contribution < -0.4 is 10.2 Å². The number of benzene rings is 1. The fourth-order valence-electron chi connectivity index (χ4n) is 3.06. The molecule has 2 nitrogen and oxygen atoms in total. The van der Waals surface area contributed by atoms with Crippen LogP contribution in [-0.4, -0.2) is 19.6 Å². The molecule has 2 rings (SSSR count). The van der Waals surface area contributed by atoms with E-state index in [-0.39, 0.29) is 0 Å². The summed E-state index contributed by atoms with van der Waals surface area (Å²) in [7, 11) is 0. The van der Waals surface area contributed by atoms with E-state index < -0.39 is 0 Å². The Labute approximate surface area is 130 Å². The van der Waals surface area contributed by atoms with Gasteiger partial charge in [0.05, 0.1) is 0 Å². The molecule has 1 aliphatic rings. The number of nitrogens with one attached hydrogen (secondary N) is 1. The van der Waals surface area contributed by atoms with Gasteiger partial charge in [0, 0.05) is 24.8 Å². The minimum atomic E-state index is 0.486. The quantitative estimate of drug-likeness (QED) is 0.667. The first-order chi connectivity index (χ1) is 10.3. The Balaban J connectivity index is 2.19. The van der Waals surface area contributed by atoms with Crippen molar-refractivity contribution >= 4 is 5.69 Å². The van der Waals surface area contributed by atoms with Crippen LogP contribution in [0.1, 0.15) is 64.5 Å². The van der Waals surface area contributed by atoms with Gasteiger partial charge < -0.3 is 10.2 Å². The third-order valence-corrected chi connectivity index (χ3v) is 4.37. The second-order valence-corrected chi connectivity index (χ2v) is 6.36. The van der Waals surface area contributed by atoms with Gasteiger partial charge in [-0.25, -0.2) is 0 Å². The highest BCUT2D eigenvalue weighted by molar-refractivity contribution is 5.55. The molecule has 1 aromatic carbocycles. The zero-order valence-electron chi connectivity index (χ0n) is 14.1.